The number of nitrogens with zero attached hydrogens (tertiary/aromatic N) is 1. The number of hydrogen-bond acceptors (Lipinski definition) is 3. The summed E-state index contributed by atoms with van der Waals surface area (Å²) in [6, 6.07) is 4.07. The van der Waals surface area contributed by atoms with Gasteiger partial charge in [0.15, 0.2) is 0 Å². The van der Waals surface area contributed by atoms with E-state index in [1.807, 2.05) is 32.9 Å². The second kappa shape index (κ2) is 5.35. The van der Waals surface area contributed by atoms with E-state index in [0.29, 0.717) is 13.1 Å². The number of carbonyl (C=O) groups excluding carboxylic acids is 1. The quantitative estimate of drug-likeness (QED) is 0.921. The van der Waals surface area contributed by atoms with Gasteiger partial charge in [-0.2, -0.15) is 4.31 Å². The van der Waals surface area contributed by atoms with E-state index in [1.165, 1.54) is 9.87 Å². The lowest BCUT2D eigenvalue weighted by Crippen LogP contribution is -2.55. The number of rotatable bonds is 4. The van der Waals surface area contributed by atoms with E-state index < -0.39 is 10.0 Å². The summed E-state index contributed by atoms with van der Waals surface area (Å²) >= 11 is 0. The average Bonchev–Trinajstić information content (AvgIpc) is 3.15. The number of hydrogen-bond donors (Lipinski definition) is 1. The van der Waals surface area contributed by atoms with Crippen molar-refractivity contribution in [1.82, 2.24) is 4.31 Å². The molecule has 1 aliphatic heterocycles. The average molecular weight is 322 g/mol. The molecule has 5 nitrogen and oxygen atoms in total. The number of carbonyl (C=O) groups is 1. The first-order valence-electron chi connectivity index (χ1n) is 7.66. The Bertz CT molecular complexity index is 694. The summed E-state index contributed by atoms with van der Waals surface area (Å²) in [6.45, 7) is 6.60. The molecule has 0 bridgehead atoms. The third-order valence-corrected chi connectivity index (χ3v) is 6.78. The fraction of sp³-hybridized carbons (Fsp3) is 0.562. The summed E-state index contributed by atoms with van der Waals surface area (Å²) < 4.78 is 25.5. The highest BCUT2D eigenvalue weighted by molar-refractivity contribution is 7.90. The van der Waals surface area contributed by atoms with Gasteiger partial charge in [-0.15, -0.1) is 0 Å². The molecule has 6 heteroatoms. The molecule has 0 spiro atoms. The first-order valence-corrected chi connectivity index (χ1v) is 9.17. The molecule has 1 N–H and O–H groups in total. The number of amides is 1. The molecule has 0 atom stereocenters. The zero-order valence-electron chi connectivity index (χ0n) is 13.2. The van der Waals surface area contributed by atoms with E-state index in [-0.39, 0.29) is 17.1 Å². The zero-order chi connectivity index (χ0) is 16.1. The highest BCUT2D eigenvalue weighted by atomic mass is 32.2. The minimum atomic E-state index is -3.14. The van der Waals surface area contributed by atoms with Crippen molar-refractivity contribution in [3.63, 3.8) is 0 Å². The van der Waals surface area contributed by atoms with Crippen molar-refractivity contribution in [3.8, 4) is 0 Å². The maximum atomic E-state index is 12.3. The van der Waals surface area contributed by atoms with Crippen molar-refractivity contribution in [3.05, 3.63) is 28.8 Å². The number of anilines is 1. The topological polar surface area (TPSA) is 66.5 Å². The second-order valence-corrected chi connectivity index (χ2v) is 8.73. The van der Waals surface area contributed by atoms with Crippen LogP contribution in [0.5, 0.6) is 0 Å². The molecular formula is C16H22N2O3S. The summed E-state index contributed by atoms with van der Waals surface area (Å²) in [6.07, 6.45) is 1.52. The van der Waals surface area contributed by atoms with Crippen molar-refractivity contribution >= 4 is 21.6 Å². The zero-order valence-corrected chi connectivity index (χ0v) is 14.0. The number of nitrogens with one attached hydrogen (secondary N) is 1. The van der Waals surface area contributed by atoms with Crippen LogP contribution in [0.2, 0.25) is 0 Å². The van der Waals surface area contributed by atoms with Crippen LogP contribution in [0.1, 0.15) is 29.5 Å². The van der Waals surface area contributed by atoms with E-state index in [2.05, 4.69) is 5.32 Å². The normalized spacial score (nSPS) is 19.8. The Morgan fingerprint density at radius 1 is 1.14 bits per heavy atom. The Labute approximate surface area is 131 Å². The molecular weight excluding hydrogens is 300 g/mol. The Hall–Kier alpha value is -1.40. The van der Waals surface area contributed by atoms with Crippen LogP contribution in [0, 0.1) is 26.7 Å². The van der Waals surface area contributed by atoms with Gasteiger partial charge in [0, 0.05) is 18.8 Å². The van der Waals surface area contributed by atoms with E-state index in [0.717, 1.165) is 29.7 Å². The van der Waals surface area contributed by atoms with Gasteiger partial charge in [-0.3, -0.25) is 4.79 Å². The molecule has 0 aromatic heterocycles. The maximum absolute atomic E-state index is 12.3. The molecule has 3 rings (SSSR count). The highest BCUT2D eigenvalue weighted by Crippen LogP contribution is 2.35. The third kappa shape index (κ3) is 2.77. The van der Waals surface area contributed by atoms with Crippen LogP contribution in [0.25, 0.3) is 0 Å². The molecule has 1 saturated heterocycles. The molecule has 2 aliphatic rings. The standard InChI is InChI=1S/C16H22N2O3S/c1-10-6-11(2)15(12(3)7-10)17-16(19)13-8-18(9-13)22(20,21)14-4-5-14/h6-7,13-14H,4-5,8-9H2,1-3H3,(H,17,19). The van der Waals surface area contributed by atoms with Gasteiger partial charge in [-0.25, -0.2) is 8.42 Å². The van der Waals surface area contributed by atoms with Crippen LogP contribution in [-0.2, 0) is 14.8 Å². The van der Waals surface area contributed by atoms with Gasteiger partial charge in [-0.1, -0.05) is 17.7 Å². The summed E-state index contributed by atoms with van der Waals surface area (Å²) in [5.74, 6) is -0.328. The Morgan fingerprint density at radius 2 is 1.68 bits per heavy atom. The third-order valence-electron chi connectivity index (χ3n) is 4.45. The van der Waals surface area contributed by atoms with Crippen molar-refractivity contribution in [2.24, 2.45) is 5.92 Å². The van der Waals surface area contributed by atoms with E-state index in [4.69, 9.17) is 0 Å². The van der Waals surface area contributed by atoms with Crippen LogP contribution >= 0.6 is 0 Å². The van der Waals surface area contributed by atoms with Gasteiger partial charge >= 0.3 is 0 Å². The van der Waals surface area contributed by atoms with E-state index >= 15 is 0 Å². The SMILES string of the molecule is Cc1cc(C)c(NC(=O)C2CN(S(=O)(=O)C3CC3)C2)c(C)c1. The largest absolute Gasteiger partial charge is 0.325 e. The molecule has 1 amide bonds. The second-order valence-electron chi connectivity index (χ2n) is 6.52. The molecule has 1 aromatic rings. The van der Waals surface area contributed by atoms with Gasteiger partial charge in [0.2, 0.25) is 15.9 Å². The molecule has 1 aliphatic carbocycles. The Kier molecular flexibility index (Phi) is 3.77. The van der Waals surface area contributed by atoms with Crippen LogP contribution in [0.4, 0.5) is 5.69 Å². The lowest BCUT2D eigenvalue weighted by atomic mass is 10.0. The molecule has 1 heterocycles. The van der Waals surface area contributed by atoms with Gasteiger partial charge in [0.05, 0.1) is 11.2 Å². The predicted molar refractivity (Wildman–Crippen MR) is 86.3 cm³/mol. The molecule has 0 unspecified atom stereocenters. The fourth-order valence-electron chi connectivity index (χ4n) is 2.99. The van der Waals surface area contributed by atoms with E-state index in [9.17, 15) is 13.2 Å². The molecule has 1 saturated carbocycles. The van der Waals surface area contributed by atoms with Gasteiger partial charge in [0.25, 0.3) is 0 Å². The van der Waals surface area contributed by atoms with Crippen molar-refractivity contribution < 1.29 is 13.2 Å². The molecule has 2 fully saturated rings. The monoisotopic (exact) mass is 322 g/mol. The lowest BCUT2D eigenvalue weighted by molar-refractivity contribution is -0.122. The smallest absolute Gasteiger partial charge is 0.230 e. The maximum Gasteiger partial charge on any atom is 0.230 e. The summed E-state index contributed by atoms with van der Waals surface area (Å²) in [4.78, 5) is 12.3. The molecule has 1 aromatic carbocycles. The summed E-state index contributed by atoms with van der Waals surface area (Å²) in [7, 11) is -3.14. The summed E-state index contributed by atoms with van der Waals surface area (Å²) in [5.41, 5.74) is 4.08. The molecule has 0 radical (unpaired) electrons. The predicted octanol–water partition coefficient (Wildman–Crippen LogP) is 1.97. The van der Waals surface area contributed by atoms with Gasteiger partial charge < -0.3 is 5.32 Å². The van der Waals surface area contributed by atoms with Gasteiger partial charge in [-0.05, 0) is 44.7 Å². The highest BCUT2D eigenvalue weighted by Gasteiger charge is 2.46. The van der Waals surface area contributed by atoms with Crippen molar-refractivity contribution in [2.45, 2.75) is 38.9 Å². The minimum absolute atomic E-state index is 0.0858. The van der Waals surface area contributed by atoms with Crippen molar-refractivity contribution in [1.29, 1.82) is 0 Å². The van der Waals surface area contributed by atoms with E-state index in [1.54, 1.807) is 0 Å². The Morgan fingerprint density at radius 3 is 2.18 bits per heavy atom. The van der Waals surface area contributed by atoms with Crippen LogP contribution in [0.15, 0.2) is 12.1 Å². The summed E-state index contributed by atoms with van der Waals surface area (Å²) in [5, 5.41) is 2.77. The van der Waals surface area contributed by atoms with Crippen molar-refractivity contribution in [2.75, 3.05) is 18.4 Å². The van der Waals surface area contributed by atoms with Crippen LogP contribution in [0.3, 0.4) is 0 Å². The van der Waals surface area contributed by atoms with Crippen LogP contribution < -0.4 is 5.32 Å². The lowest BCUT2D eigenvalue weighted by Gasteiger charge is -2.37. The molecule has 120 valence electrons. The fourth-order valence-corrected chi connectivity index (χ4v) is 4.92. The Balaban J connectivity index is 1.63. The number of aryl methyl sites for hydroxylation is 3. The van der Waals surface area contributed by atoms with Gasteiger partial charge in [0.1, 0.15) is 0 Å². The number of sulfonamides is 1. The first kappa shape index (κ1) is 15.5. The first-order chi connectivity index (χ1) is 10.3. The molecule has 22 heavy (non-hydrogen) atoms. The minimum Gasteiger partial charge on any atom is -0.325 e. The number of benzene rings is 1. The van der Waals surface area contributed by atoms with Crippen LogP contribution in [-0.4, -0.2) is 37.0 Å².